The summed E-state index contributed by atoms with van der Waals surface area (Å²) in [5.41, 5.74) is 6.74. The van der Waals surface area contributed by atoms with Gasteiger partial charge in [0.25, 0.3) is 0 Å². The van der Waals surface area contributed by atoms with Crippen LogP contribution < -0.4 is 11.1 Å². The Morgan fingerprint density at radius 3 is 2.65 bits per heavy atom. The summed E-state index contributed by atoms with van der Waals surface area (Å²) in [6.07, 6.45) is 2.05. The maximum absolute atomic E-state index is 5.78. The monoisotopic (exact) mass is 290 g/mol. The van der Waals surface area contributed by atoms with Crippen molar-refractivity contribution in [2.75, 3.05) is 23.9 Å². The van der Waals surface area contributed by atoms with Crippen molar-refractivity contribution in [3.05, 3.63) is 36.2 Å². The van der Waals surface area contributed by atoms with E-state index in [0.29, 0.717) is 30.7 Å². The van der Waals surface area contributed by atoms with Crippen LogP contribution in [0, 0.1) is 0 Å². The topological polar surface area (TPSA) is 73.1 Å². The van der Waals surface area contributed by atoms with Gasteiger partial charge >= 0.3 is 0 Å². The van der Waals surface area contributed by atoms with E-state index < -0.39 is 0 Å². The fourth-order valence-electron chi connectivity index (χ4n) is 1.66. The minimum Gasteiger partial charge on any atom is -0.384 e. The van der Waals surface area contributed by atoms with Gasteiger partial charge in [0.05, 0.1) is 0 Å². The molecule has 1 aromatic heterocycles. The fraction of sp³-hybridized carbons (Fsp3) is 0.286. The Hall–Kier alpha value is -1.79. The second kappa shape index (κ2) is 7.12. The number of nitrogen functional groups attached to an aromatic ring is 1. The number of rotatable bonds is 6. The average Bonchev–Trinajstić information content (AvgIpc) is 2.45. The number of ether oxygens (including phenoxy) is 1. The Morgan fingerprint density at radius 2 is 2.00 bits per heavy atom. The summed E-state index contributed by atoms with van der Waals surface area (Å²) in [4.78, 5) is 9.73. The lowest BCUT2D eigenvalue weighted by Gasteiger charge is -2.09. The summed E-state index contributed by atoms with van der Waals surface area (Å²) in [5, 5.41) is 3.22. The Labute approximate surface area is 123 Å². The van der Waals surface area contributed by atoms with Gasteiger partial charge in [-0.15, -0.1) is 11.8 Å². The highest BCUT2D eigenvalue weighted by Crippen LogP contribution is 2.20. The highest BCUT2D eigenvalue weighted by Gasteiger charge is 2.03. The lowest BCUT2D eigenvalue weighted by atomic mass is 10.3. The molecule has 3 N–H and O–H groups in total. The number of nitrogens with one attached hydrogen (secondary N) is 1. The van der Waals surface area contributed by atoms with E-state index in [9.17, 15) is 0 Å². The lowest BCUT2D eigenvalue weighted by molar-refractivity contribution is 0.128. The average molecular weight is 290 g/mol. The number of nitrogens with two attached hydrogens (primary N) is 1. The van der Waals surface area contributed by atoms with Crippen molar-refractivity contribution in [2.45, 2.75) is 18.4 Å². The highest BCUT2D eigenvalue weighted by molar-refractivity contribution is 7.98. The quantitative estimate of drug-likeness (QED) is 0.797. The number of hydrogen-bond donors (Lipinski definition) is 2. The molecule has 0 unspecified atom stereocenters. The molecular formula is C14H18N4OS. The molecule has 0 fully saturated rings. The molecule has 6 heteroatoms. The van der Waals surface area contributed by atoms with Crippen molar-refractivity contribution in [3.8, 4) is 0 Å². The van der Waals surface area contributed by atoms with E-state index in [1.54, 1.807) is 17.8 Å². The first kappa shape index (κ1) is 14.6. The maximum Gasteiger partial charge on any atom is 0.158 e. The zero-order valence-electron chi connectivity index (χ0n) is 11.6. The first-order chi connectivity index (χ1) is 9.71. The third-order valence-electron chi connectivity index (χ3n) is 2.59. The SMILES string of the molecule is CCOCc1nc(N)cc(Nc2ccc(SC)cc2)n1. The molecule has 0 atom stereocenters. The van der Waals surface area contributed by atoms with Crippen molar-refractivity contribution in [1.29, 1.82) is 0 Å². The molecule has 2 rings (SSSR count). The molecule has 106 valence electrons. The van der Waals surface area contributed by atoms with Crippen LogP contribution in [0.2, 0.25) is 0 Å². The summed E-state index contributed by atoms with van der Waals surface area (Å²) in [5.74, 6) is 1.68. The van der Waals surface area contributed by atoms with Crippen molar-refractivity contribution in [1.82, 2.24) is 9.97 Å². The molecule has 20 heavy (non-hydrogen) atoms. The molecule has 0 aliphatic rings. The zero-order chi connectivity index (χ0) is 14.4. The van der Waals surface area contributed by atoms with Gasteiger partial charge in [-0.2, -0.15) is 0 Å². The highest BCUT2D eigenvalue weighted by atomic mass is 32.2. The number of anilines is 3. The summed E-state index contributed by atoms with van der Waals surface area (Å²) < 4.78 is 5.30. The van der Waals surface area contributed by atoms with Crippen LogP contribution in [-0.2, 0) is 11.3 Å². The Morgan fingerprint density at radius 1 is 1.25 bits per heavy atom. The van der Waals surface area contributed by atoms with Crippen molar-refractivity contribution >= 4 is 29.1 Å². The predicted octanol–water partition coefficient (Wildman–Crippen LogP) is 3.06. The number of nitrogens with zero attached hydrogens (tertiary/aromatic N) is 2. The molecule has 0 amide bonds. The van der Waals surface area contributed by atoms with E-state index in [4.69, 9.17) is 10.5 Å². The molecule has 1 aromatic carbocycles. The van der Waals surface area contributed by atoms with Gasteiger partial charge in [0.15, 0.2) is 5.82 Å². The Bertz CT molecular complexity index is 560. The van der Waals surface area contributed by atoms with Gasteiger partial charge in [0, 0.05) is 23.3 Å². The van der Waals surface area contributed by atoms with Crippen LogP contribution >= 0.6 is 11.8 Å². The van der Waals surface area contributed by atoms with Crippen LogP contribution in [0.3, 0.4) is 0 Å². The van der Waals surface area contributed by atoms with E-state index in [1.165, 1.54) is 4.90 Å². The normalized spacial score (nSPS) is 10.5. The molecule has 0 spiro atoms. The van der Waals surface area contributed by atoms with E-state index in [0.717, 1.165) is 5.69 Å². The van der Waals surface area contributed by atoms with Gasteiger partial charge < -0.3 is 15.8 Å². The van der Waals surface area contributed by atoms with Crippen molar-refractivity contribution in [2.24, 2.45) is 0 Å². The molecule has 0 aliphatic carbocycles. The molecule has 0 radical (unpaired) electrons. The molecule has 0 bridgehead atoms. The van der Waals surface area contributed by atoms with Crippen molar-refractivity contribution < 1.29 is 4.74 Å². The predicted molar refractivity (Wildman–Crippen MR) is 83.3 cm³/mol. The third kappa shape index (κ3) is 4.11. The second-order valence-electron chi connectivity index (χ2n) is 4.08. The van der Waals surface area contributed by atoms with E-state index in [1.807, 2.05) is 25.3 Å². The molecule has 0 saturated heterocycles. The minimum atomic E-state index is 0.363. The smallest absolute Gasteiger partial charge is 0.158 e. The summed E-state index contributed by atoms with van der Waals surface area (Å²) in [6.45, 7) is 2.91. The maximum atomic E-state index is 5.78. The fourth-order valence-corrected chi connectivity index (χ4v) is 2.07. The van der Waals surface area contributed by atoms with E-state index in [-0.39, 0.29) is 0 Å². The van der Waals surface area contributed by atoms with Crippen LogP contribution in [0.4, 0.5) is 17.3 Å². The molecule has 2 aromatic rings. The van der Waals surface area contributed by atoms with Crippen LogP contribution in [0.25, 0.3) is 0 Å². The number of hydrogen-bond acceptors (Lipinski definition) is 6. The number of aromatic nitrogens is 2. The molecule has 0 aliphatic heterocycles. The van der Waals surface area contributed by atoms with Gasteiger partial charge in [-0.25, -0.2) is 9.97 Å². The van der Waals surface area contributed by atoms with Gasteiger partial charge in [0.1, 0.15) is 18.2 Å². The molecule has 1 heterocycles. The minimum absolute atomic E-state index is 0.363. The molecule has 5 nitrogen and oxygen atoms in total. The molecule has 0 saturated carbocycles. The summed E-state index contributed by atoms with van der Waals surface area (Å²) in [7, 11) is 0. The third-order valence-corrected chi connectivity index (χ3v) is 3.33. The number of thioether (sulfide) groups is 1. The van der Waals surface area contributed by atoms with Crippen LogP contribution in [0.15, 0.2) is 35.2 Å². The van der Waals surface area contributed by atoms with Crippen molar-refractivity contribution in [3.63, 3.8) is 0 Å². The first-order valence-electron chi connectivity index (χ1n) is 6.33. The van der Waals surface area contributed by atoms with Gasteiger partial charge in [-0.05, 0) is 37.4 Å². The first-order valence-corrected chi connectivity index (χ1v) is 7.56. The van der Waals surface area contributed by atoms with Crippen LogP contribution in [0.5, 0.6) is 0 Å². The zero-order valence-corrected chi connectivity index (χ0v) is 12.4. The Balaban J connectivity index is 2.12. The van der Waals surface area contributed by atoms with Gasteiger partial charge in [-0.1, -0.05) is 0 Å². The number of benzene rings is 1. The van der Waals surface area contributed by atoms with Gasteiger partial charge in [0.2, 0.25) is 0 Å². The lowest BCUT2D eigenvalue weighted by Crippen LogP contribution is -2.05. The second-order valence-corrected chi connectivity index (χ2v) is 4.96. The van der Waals surface area contributed by atoms with Gasteiger partial charge in [-0.3, -0.25) is 0 Å². The standard InChI is InChI=1S/C14H18N4OS/c1-3-19-9-14-17-12(15)8-13(18-14)16-10-4-6-11(20-2)7-5-10/h4-8H,3,9H2,1-2H3,(H3,15,16,17,18). The van der Waals surface area contributed by atoms with E-state index in [2.05, 4.69) is 27.4 Å². The Kier molecular flexibility index (Phi) is 5.20. The largest absolute Gasteiger partial charge is 0.384 e. The summed E-state index contributed by atoms with van der Waals surface area (Å²) >= 11 is 1.71. The van der Waals surface area contributed by atoms with Crippen LogP contribution in [0.1, 0.15) is 12.7 Å². The molecular weight excluding hydrogens is 272 g/mol. The van der Waals surface area contributed by atoms with E-state index >= 15 is 0 Å². The summed E-state index contributed by atoms with van der Waals surface area (Å²) in [6, 6.07) is 9.83. The van der Waals surface area contributed by atoms with Crippen LogP contribution in [-0.4, -0.2) is 22.8 Å².